The van der Waals surface area contributed by atoms with Gasteiger partial charge in [0.15, 0.2) is 0 Å². The van der Waals surface area contributed by atoms with Crippen LogP contribution in [-0.4, -0.2) is 34.1 Å². The van der Waals surface area contributed by atoms with E-state index in [2.05, 4.69) is 0 Å². The van der Waals surface area contributed by atoms with Crippen molar-refractivity contribution in [3.8, 4) is 5.75 Å². The lowest BCUT2D eigenvalue weighted by Crippen LogP contribution is -2.36. The highest BCUT2D eigenvalue weighted by Gasteiger charge is 2.28. The van der Waals surface area contributed by atoms with Crippen molar-refractivity contribution in [3.63, 3.8) is 0 Å². The molecule has 0 saturated carbocycles. The third-order valence-electron chi connectivity index (χ3n) is 3.49. The summed E-state index contributed by atoms with van der Waals surface area (Å²) in [6.07, 6.45) is 0. The molecule has 146 valence electrons. The third kappa shape index (κ3) is 5.28. The monoisotopic (exact) mass is 431 g/mol. The van der Waals surface area contributed by atoms with Gasteiger partial charge in [-0.1, -0.05) is 23.2 Å². The normalized spacial score (nSPS) is 11.1. The molecule has 0 saturated heterocycles. The van der Waals surface area contributed by atoms with Gasteiger partial charge in [-0.25, -0.2) is 8.42 Å². The molecule has 9 heteroatoms. The van der Waals surface area contributed by atoms with Gasteiger partial charge in [0.1, 0.15) is 12.3 Å². The molecule has 0 radical (unpaired) electrons. The van der Waals surface area contributed by atoms with Gasteiger partial charge in [0, 0.05) is 0 Å². The second-order valence-corrected chi connectivity index (χ2v) is 8.00. The van der Waals surface area contributed by atoms with E-state index in [0.29, 0.717) is 12.4 Å². The number of hydrogen-bond acceptors (Lipinski definition) is 5. The maximum atomic E-state index is 13.1. The Kier molecular flexibility index (Phi) is 7.35. The first kappa shape index (κ1) is 21.3. The van der Waals surface area contributed by atoms with Crippen molar-refractivity contribution in [1.29, 1.82) is 0 Å². The second kappa shape index (κ2) is 9.30. The number of ether oxygens (including phenoxy) is 2. The van der Waals surface area contributed by atoms with Crippen molar-refractivity contribution < 1.29 is 22.7 Å². The van der Waals surface area contributed by atoms with Gasteiger partial charge in [-0.3, -0.25) is 9.10 Å². The summed E-state index contributed by atoms with van der Waals surface area (Å²) in [5, 5.41) is 0.444. The molecule has 27 heavy (non-hydrogen) atoms. The number of rotatable bonds is 8. The largest absolute Gasteiger partial charge is 0.494 e. The first-order chi connectivity index (χ1) is 12.8. The minimum absolute atomic E-state index is 0.00123. The van der Waals surface area contributed by atoms with Gasteiger partial charge < -0.3 is 9.47 Å². The standard InChI is InChI=1S/C18H19Cl2NO5S/c1-3-25-14-6-8-15(9-7-14)27(23,24)21(12-18(22)26-4-2)13-5-10-16(19)17(20)11-13/h5-11H,3-4,12H2,1-2H3. The average Bonchev–Trinajstić information content (AvgIpc) is 2.63. The number of benzene rings is 2. The van der Waals surface area contributed by atoms with Gasteiger partial charge in [-0.05, 0) is 56.3 Å². The fourth-order valence-corrected chi connectivity index (χ4v) is 3.97. The summed E-state index contributed by atoms with van der Waals surface area (Å²) in [4.78, 5) is 12.0. The van der Waals surface area contributed by atoms with Crippen LogP contribution < -0.4 is 9.04 Å². The van der Waals surface area contributed by atoms with Crippen LogP contribution in [0.15, 0.2) is 47.4 Å². The molecule has 2 aromatic rings. The van der Waals surface area contributed by atoms with Gasteiger partial charge in [0.05, 0.1) is 33.8 Å². The Balaban J connectivity index is 2.46. The topological polar surface area (TPSA) is 72.9 Å². The Morgan fingerprint density at radius 2 is 1.67 bits per heavy atom. The quantitative estimate of drug-likeness (QED) is 0.586. The maximum Gasteiger partial charge on any atom is 0.326 e. The second-order valence-electron chi connectivity index (χ2n) is 5.32. The highest BCUT2D eigenvalue weighted by atomic mass is 35.5. The van der Waals surface area contributed by atoms with Gasteiger partial charge in [0.25, 0.3) is 10.0 Å². The minimum Gasteiger partial charge on any atom is -0.494 e. The molecule has 0 fully saturated rings. The molecule has 0 spiro atoms. The van der Waals surface area contributed by atoms with Gasteiger partial charge in [-0.2, -0.15) is 0 Å². The molecule has 0 heterocycles. The van der Waals surface area contributed by atoms with Crippen molar-refractivity contribution in [2.45, 2.75) is 18.7 Å². The zero-order chi connectivity index (χ0) is 20.0. The molecule has 2 aromatic carbocycles. The number of sulfonamides is 1. The molecule has 0 aliphatic carbocycles. The first-order valence-corrected chi connectivity index (χ1v) is 10.4. The van der Waals surface area contributed by atoms with Crippen LogP contribution in [0.2, 0.25) is 10.0 Å². The highest BCUT2D eigenvalue weighted by Crippen LogP contribution is 2.31. The highest BCUT2D eigenvalue weighted by molar-refractivity contribution is 7.92. The van der Waals surface area contributed by atoms with Gasteiger partial charge in [0.2, 0.25) is 0 Å². The van der Waals surface area contributed by atoms with Crippen molar-refractivity contribution in [3.05, 3.63) is 52.5 Å². The van der Waals surface area contributed by atoms with Crippen LogP contribution in [-0.2, 0) is 19.6 Å². The molecule has 0 aliphatic rings. The van der Waals surface area contributed by atoms with E-state index in [1.54, 1.807) is 19.1 Å². The molecular formula is C18H19Cl2NO5S. The fraction of sp³-hybridized carbons (Fsp3) is 0.278. The Morgan fingerprint density at radius 3 is 2.22 bits per heavy atom. The van der Waals surface area contributed by atoms with E-state index >= 15 is 0 Å². The Morgan fingerprint density at radius 1 is 1.00 bits per heavy atom. The number of carbonyl (C=O) groups excluding carboxylic acids is 1. The van der Waals surface area contributed by atoms with Gasteiger partial charge in [-0.15, -0.1) is 0 Å². The van der Waals surface area contributed by atoms with Crippen LogP contribution in [0.25, 0.3) is 0 Å². The summed E-state index contributed by atoms with van der Waals surface area (Å²) in [5.41, 5.74) is 0.200. The van der Waals surface area contributed by atoms with E-state index in [-0.39, 0.29) is 27.2 Å². The number of nitrogens with zero attached hydrogens (tertiary/aromatic N) is 1. The summed E-state index contributed by atoms with van der Waals surface area (Å²) in [6, 6.07) is 10.2. The molecule has 0 aromatic heterocycles. The zero-order valence-corrected chi connectivity index (χ0v) is 17.1. The molecule has 0 N–H and O–H groups in total. The minimum atomic E-state index is -4.05. The average molecular weight is 432 g/mol. The molecular weight excluding hydrogens is 413 g/mol. The van der Waals surface area contributed by atoms with Gasteiger partial charge >= 0.3 is 5.97 Å². The predicted octanol–water partition coefficient (Wildman–Crippen LogP) is 4.15. The van der Waals surface area contributed by atoms with Crippen molar-refractivity contribution in [1.82, 2.24) is 0 Å². The SMILES string of the molecule is CCOC(=O)CN(c1ccc(Cl)c(Cl)c1)S(=O)(=O)c1ccc(OCC)cc1. The molecule has 0 atom stereocenters. The molecule has 6 nitrogen and oxygen atoms in total. The lowest BCUT2D eigenvalue weighted by atomic mass is 10.3. The third-order valence-corrected chi connectivity index (χ3v) is 6.02. The molecule has 0 bridgehead atoms. The molecule has 0 aliphatic heterocycles. The summed E-state index contributed by atoms with van der Waals surface area (Å²) < 4.78 is 37.4. The van der Waals surface area contributed by atoms with Crippen LogP contribution in [0, 0.1) is 0 Å². The number of halogens is 2. The van der Waals surface area contributed by atoms with Crippen LogP contribution in [0.1, 0.15) is 13.8 Å². The summed E-state index contributed by atoms with van der Waals surface area (Å²) in [6.45, 7) is 3.57. The van der Waals surface area contributed by atoms with Crippen LogP contribution in [0.5, 0.6) is 5.75 Å². The fourth-order valence-electron chi connectivity index (χ4n) is 2.28. The number of esters is 1. The molecule has 2 rings (SSSR count). The number of carbonyl (C=O) groups is 1. The van der Waals surface area contributed by atoms with E-state index in [1.165, 1.54) is 30.3 Å². The Bertz CT molecular complexity index is 900. The van der Waals surface area contributed by atoms with Crippen LogP contribution in [0.4, 0.5) is 5.69 Å². The predicted molar refractivity (Wildman–Crippen MR) is 105 cm³/mol. The summed E-state index contributed by atoms with van der Waals surface area (Å²) >= 11 is 11.9. The molecule has 0 unspecified atom stereocenters. The van der Waals surface area contributed by atoms with Crippen molar-refractivity contribution in [2.75, 3.05) is 24.1 Å². The van der Waals surface area contributed by atoms with E-state index in [0.717, 1.165) is 4.31 Å². The Hall–Kier alpha value is -1.96. The van der Waals surface area contributed by atoms with E-state index < -0.39 is 22.5 Å². The van der Waals surface area contributed by atoms with Crippen LogP contribution in [0.3, 0.4) is 0 Å². The lowest BCUT2D eigenvalue weighted by molar-refractivity contribution is -0.141. The number of hydrogen-bond donors (Lipinski definition) is 0. The first-order valence-electron chi connectivity index (χ1n) is 8.15. The smallest absolute Gasteiger partial charge is 0.326 e. The zero-order valence-electron chi connectivity index (χ0n) is 14.8. The van der Waals surface area contributed by atoms with Crippen LogP contribution >= 0.6 is 23.2 Å². The van der Waals surface area contributed by atoms with Crippen molar-refractivity contribution in [2.24, 2.45) is 0 Å². The lowest BCUT2D eigenvalue weighted by Gasteiger charge is -2.24. The van der Waals surface area contributed by atoms with E-state index in [1.807, 2.05) is 6.92 Å². The molecule has 0 amide bonds. The van der Waals surface area contributed by atoms with E-state index in [4.69, 9.17) is 32.7 Å². The summed E-state index contributed by atoms with van der Waals surface area (Å²) in [7, 11) is -4.05. The van der Waals surface area contributed by atoms with Crippen molar-refractivity contribution >= 4 is 44.9 Å². The van der Waals surface area contributed by atoms with E-state index in [9.17, 15) is 13.2 Å². The number of anilines is 1. The Labute approximate surface area is 168 Å². The maximum absolute atomic E-state index is 13.1. The summed E-state index contributed by atoms with van der Waals surface area (Å²) in [5.74, 6) is -0.138.